The van der Waals surface area contributed by atoms with E-state index in [1.54, 1.807) is 0 Å². The maximum absolute atomic E-state index is 11.9. The predicted octanol–water partition coefficient (Wildman–Crippen LogP) is 2.76. The first-order chi connectivity index (χ1) is 10.1. The van der Waals surface area contributed by atoms with Crippen LogP contribution >= 0.6 is 0 Å². The zero-order chi connectivity index (χ0) is 15.2. The van der Waals surface area contributed by atoms with Crippen molar-refractivity contribution in [2.24, 2.45) is 0 Å². The van der Waals surface area contributed by atoms with Crippen molar-refractivity contribution in [3.8, 4) is 5.75 Å². The summed E-state index contributed by atoms with van der Waals surface area (Å²) in [6, 6.07) is 6.30. The van der Waals surface area contributed by atoms with E-state index in [2.05, 4.69) is 5.32 Å². The van der Waals surface area contributed by atoms with Gasteiger partial charge in [-0.1, -0.05) is 18.2 Å². The third-order valence-electron chi connectivity index (χ3n) is 3.65. The Hall–Kier alpha value is -1.55. The number of benzene rings is 1. The molecule has 0 radical (unpaired) electrons. The van der Waals surface area contributed by atoms with Gasteiger partial charge in [0.05, 0.1) is 13.2 Å². The topological polar surface area (TPSA) is 47.6 Å². The summed E-state index contributed by atoms with van der Waals surface area (Å²) in [5.74, 6) is 0.751. The molecule has 1 aliphatic carbocycles. The van der Waals surface area contributed by atoms with E-state index in [0.29, 0.717) is 25.7 Å². The monoisotopic (exact) mass is 291 g/mol. The number of aryl methyl sites for hydroxylation is 2. The van der Waals surface area contributed by atoms with Crippen molar-refractivity contribution in [1.82, 2.24) is 5.32 Å². The summed E-state index contributed by atoms with van der Waals surface area (Å²) < 4.78 is 11.0. The number of esters is 1. The van der Waals surface area contributed by atoms with Crippen molar-refractivity contribution in [3.05, 3.63) is 29.3 Å². The molecule has 1 fully saturated rings. The largest absolute Gasteiger partial charge is 0.493 e. The molecule has 4 heteroatoms. The maximum atomic E-state index is 11.9. The molecule has 2 rings (SSSR count). The molecule has 1 unspecified atom stereocenters. The first-order valence-corrected chi connectivity index (χ1v) is 7.73. The highest BCUT2D eigenvalue weighted by atomic mass is 16.5. The van der Waals surface area contributed by atoms with E-state index in [-0.39, 0.29) is 12.0 Å². The van der Waals surface area contributed by atoms with Gasteiger partial charge in [-0.2, -0.15) is 0 Å². The summed E-state index contributed by atoms with van der Waals surface area (Å²) in [5.41, 5.74) is 2.25. The lowest BCUT2D eigenvalue weighted by atomic mass is 10.1. The predicted molar refractivity (Wildman–Crippen MR) is 82.6 cm³/mol. The molecule has 0 bridgehead atoms. The van der Waals surface area contributed by atoms with Gasteiger partial charge in [0.25, 0.3) is 0 Å². The van der Waals surface area contributed by atoms with Crippen molar-refractivity contribution in [2.45, 2.75) is 52.1 Å². The Morgan fingerprint density at radius 3 is 2.57 bits per heavy atom. The van der Waals surface area contributed by atoms with Crippen LogP contribution in [0.1, 0.15) is 37.3 Å². The van der Waals surface area contributed by atoms with Crippen LogP contribution in [0.3, 0.4) is 0 Å². The fourth-order valence-electron chi connectivity index (χ4n) is 2.35. The van der Waals surface area contributed by atoms with E-state index < -0.39 is 0 Å². The van der Waals surface area contributed by atoms with Crippen LogP contribution in [0.25, 0.3) is 0 Å². The van der Waals surface area contributed by atoms with E-state index >= 15 is 0 Å². The van der Waals surface area contributed by atoms with Gasteiger partial charge in [0.15, 0.2) is 0 Å². The number of carbonyl (C=O) groups is 1. The van der Waals surface area contributed by atoms with E-state index in [4.69, 9.17) is 9.47 Å². The summed E-state index contributed by atoms with van der Waals surface area (Å²) in [5, 5.41) is 3.34. The van der Waals surface area contributed by atoms with E-state index in [1.165, 1.54) is 0 Å². The molecule has 1 N–H and O–H groups in total. The standard InChI is InChI=1S/C17H25NO3/c1-4-20-17(19)15(18-14-8-9-14)10-11-21-16-12(2)6-5-7-13(16)3/h5-7,14-15,18H,4,8-11H2,1-3H3. The van der Waals surface area contributed by atoms with Gasteiger partial charge in [0, 0.05) is 12.5 Å². The zero-order valence-electron chi connectivity index (χ0n) is 13.1. The average Bonchev–Trinajstić information content (AvgIpc) is 3.25. The van der Waals surface area contributed by atoms with Crippen LogP contribution in [0.5, 0.6) is 5.75 Å². The van der Waals surface area contributed by atoms with Crippen molar-refractivity contribution in [1.29, 1.82) is 0 Å². The quantitative estimate of drug-likeness (QED) is 0.748. The maximum Gasteiger partial charge on any atom is 0.323 e. The first kappa shape index (κ1) is 15.8. The number of para-hydroxylation sites is 1. The fourth-order valence-corrected chi connectivity index (χ4v) is 2.35. The minimum absolute atomic E-state index is 0.172. The summed E-state index contributed by atoms with van der Waals surface area (Å²) in [4.78, 5) is 11.9. The van der Waals surface area contributed by atoms with Crippen LogP contribution < -0.4 is 10.1 Å². The second kappa shape index (κ2) is 7.46. The summed E-state index contributed by atoms with van der Waals surface area (Å²) in [7, 11) is 0. The summed E-state index contributed by atoms with van der Waals surface area (Å²) in [6.07, 6.45) is 2.92. The van der Waals surface area contributed by atoms with Crippen LogP contribution in [-0.2, 0) is 9.53 Å². The first-order valence-electron chi connectivity index (χ1n) is 7.73. The van der Waals surface area contributed by atoms with Crippen molar-refractivity contribution in [2.75, 3.05) is 13.2 Å². The molecule has 0 amide bonds. The molecule has 0 heterocycles. The molecule has 1 saturated carbocycles. The van der Waals surface area contributed by atoms with E-state index in [9.17, 15) is 4.79 Å². The lowest BCUT2D eigenvalue weighted by Crippen LogP contribution is -2.40. The molecule has 21 heavy (non-hydrogen) atoms. The lowest BCUT2D eigenvalue weighted by Gasteiger charge is -2.18. The van der Waals surface area contributed by atoms with Gasteiger partial charge in [0.2, 0.25) is 0 Å². The van der Waals surface area contributed by atoms with E-state index in [1.807, 2.05) is 39.0 Å². The van der Waals surface area contributed by atoms with Crippen LogP contribution in [0.2, 0.25) is 0 Å². The minimum atomic E-state index is -0.262. The third kappa shape index (κ3) is 4.74. The highest BCUT2D eigenvalue weighted by Crippen LogP contribution is 2.23. The zero-order valence-corrected chi connectivity index (χ0v) is 13.1. The van der Waals surface area contributed by atoms with Gasteiger partial charge in [0.1, 0.15) is 11.8 Å². The molecular formula is C17H25NO3. The molecule has 0 spiro atoms. The van der Waals surface area contributed by atoms with E-state index in [0.717, 1.165) is 29.7 Å². The summed E-state index contributed by atoms with van der Waals surface area (Å²) in [6.45, 7) is 6.83. The Kier molecular flexibility index (Phi) is 5.62. The van der Waals surface area contributed by atoms with Gasteiger partial charge in [-0.05, 0) is 44.7 Å². The molecule has 4 nitrogen and oxygen atoms in total. The number of hydrogen-bond donors (Lipinski definition) is 1. The van der Waals surface area contributed by atoms with Crippen molar-refractivity contribution < 1.29 is 14.3 Å². The van der Waals surface area contributed by atoms with Gasteiger partial charge in [-0.3, -0.25) is 4.79 Å². The average molecular weight is 291 g/mol. The molecular weight excluding hydrogens is 266 g/mol. The number of nitrogens with one attached hydrogen (secondary N) is 1. The number of carbonyl (C=O) groups excluding carboxylic acids is 1. The number of rotatable bonds is 8. The number of hydrogen-bond acceptors (Lipinski definition) is 4. The molecule has 1 aromatic rings. The molecule has 1 atom stereocenters. The Labute approximate surface area is 126 Å². The third-order valence-corrected chi connectivity index (χ3v) is 3.65. The van der Waals surface area contributed by atoms with Gasteiger partial charge in [-0.25, -0.2) is 0 Å². The minimum Gasteiger partial charge on any atom is -0.493 e. The van der Waals surface area contributed by atoms with Crippen molar-refractivity contribution >= 4 is 5.97 Å². The number of ether oxygens (including phenoxy) is 2. The Bertz CT molecular complexity index is 463. The highest BCUT2D eigenvalue weighted by molar-refractivity contribution is 5.75. The van der Waals surface area contributed by atoms with Crippen LogP contribution in [0.15, 0.2) is 18.2 Å². The Balaban J connectivity index is 1.87. The van der Waals surface area contributed by atoms with Crippen LogP contribution in [0, 0.1) is 13.8 Å². The molecule has 0 aromatic heterocycles. The van der Waals surface area contributed by atoms with Gasteiger partial charge >= 0.3 is 5.97 Å². The second-order valence-corrected chi connectivity index (χ2v) is 5.60. The second-order valence-electron chi connectivity index (χ2n) is 5.60. The molecule has 1 aliphatic rings. The van der Waals surface area contributed by atoms with Crippen LogP contribution in [0.4, 0.5) is 0 Å². The fraction of sp³-hybridized carbons (Fsp3) is 0.588. The lowest BCUT2D eigenvalue weighted by molar-refractivity contribution is -0.146. The SMILES string of the molecule is CCOC(=O)C(CCOc1c(C)cccc1C)NC1CC1. The Morgan fingerprint density at radius 1 is 1.33 bits per heavy atom. The van der Waals surface area contributed by atoms with Gasteiger partial charge < -0.3 is 14.8 Å². The smallest absolute Gasteiger partial charge is 0.323 e. The highest BCUT2D eigenvalue weighted by Gasteiger charge is 2.29. The molecule has 1 aromatic carbocycles. The van der Waals surface area contributed by atoms with Crippen LogP contribution in [-0.4, -0.2) is 31.3 Å². The molecule has 116 valence electrons. The van der Waals surface area contributed by atoms with Gasteiger partial charge in [-0.15, -0.1) is 0 Å². The normalized spacial score (nSPS) is 15.6. The summed E-state index contributed by atoms with van der Waals surface area (Å²) >= 11 is 0. The van der Waals surface area contributed by atoms with Crippen molar-refractivity contribution in [3.63, 3.8) is 0 Å². The molecule has 0 saturated heterocycles. The Morgan fingerprint density at radius 2 is 2.00 bits per heavy atom. The molecule has 0 aliphatic heterocycles.